The molecule has 178 valence electrons. The minimum absolute atomic E-state index is 0.144. The largest absolute Gasteiger partial charge is 0.482 e. The third-order valence-corrected chi connectivity index (χ3v) is 6.47. The van der Waals surface area contributed by atoms with Crippen LogP contribution in [-0.2, 0) is 9.53 Å². The number of benzene rings is 1. The summed E-state index contributed by atoms with van der Waals surface area (Å²) >= 11 is 18.2. The third-order valence-electron chi connectivity index (χ3n) is 5.45. The molecule has 2 aliphatic heterocycles. The molecule has 0 bridgehead atoms. The molecule has 0 spiro atoms. The Kier molecular flexibility index (Phi) is 8.42. The van der Waals surface area contributed by atoms with Crippen LogP contribution in [0.5, 0.6) is 5.75 Å². The number of hydrogen-bond acceptors (Lipinski definition) is 5. The molecule has 1 atom stereocenters. The first-order valence-electron chi connectivity index (χ1n) is 10.8. The van der Waals surface area contributed by atoms with E-state index in [1.54, 1.807) is 9.80 Å². The van der Waals surface area contributed by atoms with Crippen molar-refractivity contribution < 1.29 is 19.1 Å². The molecule has 1 aromatic carbocycles. The molecule has 0 aromatic heterocycles. The topological polar surface area (TPSA) is 62.3 Å². The minimum atomic E-state index is -0.568. The van der Waals surface area contributed by atoms with Gasteiger partial charge < -0.3 is 24.2 Å². The van der Waals surface area contributed by atoms with Crippen molar-refractivity contribution in [3.63, 3.8) is 0 Å². The van der Waals surface area contributed by atoms with Crippen molar-refractivity contribution >= 4 is 46.8 Å². The Morgan fingerprint density at radius 1 is 1.00 bits per heavy atom. The van der Waals surface area contributed by atoms with Crippen molar-refractivity contribution in [3.05, 3.63) is 27.2 Å². The van der Waals surface area contributed by atoms with Crippen LogP contribution in [0.25, 0.3) is 0 Å². The van der Waals surface area contributed by atoms with Crippen LogP contribution in [0, 0.1) is 0 Å². The van der Waals surface area contributed by atoms with Crippen LogP contribution in [0.4, 0.5) is 4.79 Å². The lowest BCUT2D eigenvalue weighted by atomic mass is 10.1. The standard InChI is InChI=1S/C22H30Cl3N3O4/c1-22(2,3)32-21(30)27-8-9-28(15(13-27)12-26-6-4-5-7-26)20(29)14-31-19-11-17(24)16(23)10-18(19)25/h10-11,15H,4-9,12-14H2,1-3H3/t15-/m0/s1. The van der Waals surface area contributed by atoms with E-state index in [4.69, 9.17) is 44.3 Å². The number of hydrogen-bond donors (Lipinski definition) is 0. The Labute approximate surface area is 204 Å². The van der Waals surface area contributed by atoms with E-state index in [-0.39, 0.29) is 29.7 Å². The summed E-state index contributed by atoms with van der Waals surface area (Å²) in [5.74, 6) is 0.137. The van der Waals surface area contributed by atoms with Gasteiger partial charge in [-0.3, -0.25) is 4.79 Å². The van der Waals surface area contributed by atoms with E-state index in [0.29, 0.717) is 42.0 Å². The number of halogens is 3. The molecule has 2 saturated heterocycles. The van der Waals surface area contributed by atoms with E-state index in [0.717, 1.165) is 25.9 Å². The maximum atomic E-state index is 13.1. The van der Waals surface area contributed by atoms with Crippen molar-refractivity contribution in [2.24, 2.45) is 0 Å². The molecule has 0 N–H and O–H groups in total. The van der Waals surface area contributed by atoms with Gasteiger partial charge in [0.2, 0.25) is 0 Å². The quantitative estimate of drug-likeness (QED) is 0.548. The van der Waals surface area contributed by atoms with Gasteiger partial charge in [0.25, 0.3) is 5.91 Å². The molecular formula is C22H30Cl3N3O4. The van der Waals surface area contributed by atoms with Gasteiger partial charge in [-0.05, 0) is 52.8 Å². The second-order valence-electron chi connectivity index (χ2n) is 9.16. The molecular weight excluding hydrogens is 477 g/mol. The van der Waals surface area contributed by atoms with Gasteiger partial charge in [-0.15, -0.1) is 0 Å². The first kappa shape index (κ1) is 25.2. The Morgan fingerprint density at radius 2 is 1.66 bits per heavy atom. The molecule has 0 unspecified atom stereocenters. The number of ether oxygens (including phenoxy) is 2. The normalized spacial score (nSPS) is 19.9. The lowest BCUT2D eigenvalue weighted by Crippen LogP contribution is -2.60. The molecule has 2 amide bonds. The summed E-state index contributed by atoms with van der Waals surface area (Å²) in [7, 11) is 0. The Morgan fingerprint density at radius 3 is 2.31 bits per heavy atom. The summed E-state index contributed by atoms with van der Waals surface area (Å²) in [6.45, 7) is 9.30. The summed E-state index contributed by atoms with van der Waals surface area (Å²) in [4.78, 5) is 31.5. The van der Waals surface area contributed by atoms with Crippen molar-refractivity contribution in [2.75, 3.05) is 45.9 Å². The zero-order chi connectivity index (χ0) is 23.5. The predicted octanol–water partition coefficient (Wildman–Crippen LogP) is 4.57. The Balaban J connectivity index is 1.66. The highest BCUT2D eigenvalue weighted by atomic mass is 35.5. The average Bonchev–Trinajstić information content (AvgIpc) is 3.21. The number of rotatable bonds is 5. The lowest BCUT2D eigenvalue weighted by molar-refractivity contribution is -0.138. The van der Waals surface area contributed by atoms with E-state index < -0.39 is 5.60 Å². The third kappa shape index (κ3) is 6.80. The van der Waals surface area contributed by atoms with Gasteiger partial charge in [0.1, 0.15) is 11.4 Å². The monoisotopic (exact) mass is 505 g/mol. The Hall–Kier alpha value is -1.41. The molecule has 10 heteroatoms. The number of piperazine rings is 1. The molecule has 2 fully saturated rings. The number of carbonyl (C=O) groups is 2. The second kappa shape index (κ2) is 10.7. The van der Waals surface area contributed by atoms with Gasteiger partial charge in [0.05, 0.1) is 21.1 Å². The summed E-state index contributed by atoms with van der Waals surface area (Å²) < 4.78 is 11.2. The number of carbonyl (C=O) groups excluding carboxylic acids is 2. The smallest absolute Gasteiger partial charge is 0.410 e. The molecule has 2 heterocycles. The molecule has 2 aliphatic rings. The van der Waals surface area contributed by atoms with E-state index in [1.165, 1.54) is 12.1 Å². The number of likely N-dealkylation sites (tertiary alicyclic amines) is 1. The van der Waals surface area contributed by atoms with E-state index in [9.17, 15) is 9.59 Å². The van der Waals surface area contributed by atoms with Crippen LogP contribution in [0.1, 0.15) is 33.6 Å². The van der Waals surface area contributed by atoms with Gasteiger partial charge in [0, 0.05) is 32.2 Å². The molecule has 0 saturated carbocycles. The van der Waals surface area contributed by atoms with Crippen LogP contribution < -0.4 is 4.74 Å². The summed E-state index contributed by atoms with van der Waals surface area (Å²) in [5.41, 5.74) is -0.568. The van der Waals surface area contributed by atoms with Crippen LogP contribution in [0.2, 0.25) is 15.1 Å². The number of nitrogens with zero attached hydrogens (tertiary/aromatic N) is 3. The average molecular weight is 507 g/mol. The van der Waals surface area contributed by atoms with E-state index >= 15 is 0 Å². The summed E-state index contributed by atoms with van der Waals surface area (Å²) in [6.07, 6.45) is 1.94. The lowest BCUT2D eigenvalue weighted by Gasteiger charge is -2.42. The first-order valence-corrected chi connectivity index (χ1v) is 11.9. The van der Waals surface area contributed by atoms with Crippen LogP contribution >= 0.6 is 34.8 Å². The number of amides is 2. The second-order valence-corrected chi connectivity index (χ2v) is 10.4. The van der Waals surface area contributed by atoms with Gasteiger partial charge in [-0.25, -0.2) is 4.79 Å². The Bertz CT molecular complexity index is 840. The van der Waals surface area contributed by atoms with Gasteiger partial charge in [-0.1, -0.05) is 34.8 Å². The highest BCUT2D eigenvalue weighted by Crippen LogP contribution is 2.34. The van der Waals surface area contributed by atoms with Crippen molar-refractivity contribution in [1.29, 1.82) is 0 Å². The fourth-order valence-corrected chi connectivity index (χ4v) is 4.52. The maximum absolute atomic E-state index is 13.1. The van der Waals surface area contributed by atoms with Crippen LogP contribution in [-0.4, -0.2) is 84.2 Å². The SMILES string of the molecule is CC(C)(C)OC(=O)N1CCN(C(=O)COc2cc(Cl)c(Cl)cc2Cl)[C@@H](CN2CCCC2)C1. The van der Waals surface area contributed by atoms with Gasteiger partial charge in [-0.2, -0.15) is 0 Å². The highest BCUT2D eigenvalue weighted by molar-refractivity contribution is 6.43. The first-order chi connectivity index (χ1) is 15.0. The molecule has 7 nitrogen and oxygen atoms in total. The van der Waals surface area contributed by atoms with Gasteiger partial charge >= 0.3 is 6.09 Å². The van der Waals surface area contributed by atoms with E-state index in [1.807, 2.05) is 20.8 Å². The minimum Gasteiger partial charge on any atom is -0.482 e. The zero-order valence-electron chi connectivity index (χ0n) is 18.7. The molecule has 0 aliphatic carbocycles. The summed E-state index contributed by atoms with van der Waals surface area (Å²) in [5, 5.41) is 0.909. The van der Waals surface area contributed by atoms with Crippen LogP contribution in [0.3, 0.4) is 0 Å². The van der Waals surface area contributed by atoms with Crippen molar-refractivity contribution in [2.45, 2.75) is 45.3 Å². The zero-order valence-corrected chi connectivity index (χ0v) is 21.0. The highest BCUT2D eigenvalue weighted by Gasteiger charge is 2.35. The van der Waals surface area contributed by atoms with Crippen molar-refractivity contribution in [1.82, 2.24) is 14.7 Å². The predicted molar refractivity (Wildman–Crippen MR) is 126 cm³/mol. The maximum Gasteiger partial charge on any atom is 0.410 e. The molecule has 1 aromatic rings. The molecule has 0 radical (unpaired) electrons. The molecule has 3 rings (SSSR count). The van der Waals surface area contributed by atoms with Gasteiger partial charge in [0.15, 0.2) is 6.61 Å². The molecule has 32 heavy (non-hydrogen) atoms. The van der Waals surface area contributed by atoms with E-state index in [2.05, 4.69) is 4.90 Å². The summed E-state index contributed by atoms with van der Waals surface area (Å²) in [6, 6.07) is 2.85. The fraction of sp³-hybridized carbons (Fsp3) is 0.636. The van der Waals surface area contributed by atoms with Crippen LogP contribution in [0.15, 0.2) is 12.1 Å². The van der Waals surface area contributed by atoms with Crippen molar-refractivity contribution in [3.8, 4) is 5.75 Å². The fourth-order valence-electron chi connectivity index (χ4n) is 3.93.